The Morgan fingerprint density at radius 1 is 1.03 bits per heavy atom. The Balaban J connectivity index is 1.05. The van der Waals surface area contributed by atoms with Gasteiger partial charge in [0.2, 0.25) is 0 Å². The average Bonchev–Trinajstić information content (AvgIpc) is 2.87. The van der Waals surface area contributed by atoms with E-state index in [1.807, 2.05) is 6.07 Å². The highest BCUT2D eigenvalue weighted by molar-refractivity contribution is 5.99. The average molecular weight is 469 g/mol. The van der Waals surface area contributed by atoms with Crippen LogP contribution in [0.1, 0.15) is 36.4 Å². The zero-order valence-corrected chi connectivity index (χ0v) is 19.1. The number of amides is 1. The van der Waals surface area contributed by atoms with Crippen LogP contribution in [0.2, 0.25) is 0 Å². The second-order valence-electron chi connectivity index (χ2n) is 9.40. The van der Waals surface area contributed by atoms with Crippen LogP contribution in [0.5, 0.6) is 17.2 Å². The molecule has 4 aliphatic rings. The van der Waals surface area contributed by atoms with Gasteiger partial charge >= 0.3 is 0 Å². The number of anilines is 1. The summed E-state index contributed by atoms with van der Waals surface area (Å²) in [5.41, 5.74) is 2.23. The van der Waals surface area contributed by atoms with Gasteiger partial charge in [0.1, 0.15) is 24.8 Å². The van der Waals surface area contributed by atoms with E-state index in [0.717, 1.165) is 50.3 Å². The van der Waals surface area contributed by atoms with Crippen LogP contribution in [-0.4, -0.2) is 67.8 Å². The van der Waals surface area contributed by atoms with E-state index in [4.69, 9.17) is 14.2 Å². The van der Waals surface area contributed by atoms with E-state index in [0.29, 0.717) is 55.1 Å². The number of carbonyl (C=O) groups is 1. The lowest BCUT2D eigenvalue weighted by Crippen LogP contribution is -2.46. The van der Waals surface area contributed by atoms with Gasteiger partial charge in [0.15, 0.2) is 18.1 Å². The first kappa shape index (κ1) is 21.6. The fourth-order valence-corrected chi connectivity index (χ4v) is 5.50. The lowest BCUT2D eigenvalue weighted by molar-refractivity contribution is -0.121. The van der Waals surface area contributed by atoms with Gasteiger partial charge in [0.05, 0.1) is 17.6 Å². The molecule has 1 saturated heterocycles. The van der Waals surface area contributed by atoms with Crippen molar-refractivity contribution >= 4 is 11.6 Å². The predicted octanol–water partition coefficient (Wildman–Crippen LogP) is 2.46. The largest absolute Gasteiger partial charge is 0.486 e. The van der Waals surface area contributed by atoms with Crippen LogP contribution in [-0.2, 0) is 11.3 Å². The van der Waals surface area contributed by atoms with E-state index in [-0.39, 0.29) is 24.2 Å². The lowest BCUT2D eigenvalue weighted by atomic mass is 9.87. The van der Waals surface area contributed by atoms with Crippen LogP contribution < -0.4 is 24.4 Å². The van der Waals surface area contributed by atoms with Crippen molar-refractivity contribution in [3.8, 4) is 17.2 Å². The Bertz CT molecular complexity index is 1090. The molecule has 2 aromatic rings. The standard InChI is InChI=1S/C25H29FN4O4/c26-19-1-2-20-25-24(19)16(3-8-30(25)23(31)15-34-20)14-29-6-4-17(5-7-29)27-12-18-11-21-22(13-28-18)33-10-9-32-21/h1-2,11,13,16-17,27H,3-10,12,14-15H2. The Morgan fingerprint density at radius 2 is 1.85 bits per heavy atom. The van der Waals surface area contributed by atoms with Crippen LogP contribution >= 0.6 is 0 Å². The van der Waals surface area contributed by atoms with Crippen LogP contribution in [0.4, 0.5) is 10.1 Å². The monoisotopic (exact) mass is 468 g/mol. The number of likely N-dealkylation sites (tertiary alicyclic amines) is 1. The number of aromatic nitrogens is 1. The van der Waals surface area contributed by atoms with Crippen molar-refractivity contribution in [2.75, 3.05) is 50.9 Å². The number of rotatable bonds is 5. The zero-order chi connectivity index (χ0) is 23.1. The first-order valence-electron chi connectivity index (χ1n) is 12.1. The van der Waals surface area contributed by atoms with Crippen LogP contribution in [0, 0.1) is 5.82 Å². The molecule has 8 nitrogen and oxygen atoms in total. The minimum atomic E-state index is -0.241. The normalized spacial score (nSPS) is 22.3. The van der Waals surface area contributed by atoms with E-state index in [1.54, 1.807) is 17.2 Å². The zero-order valence-electron chi connectivity index (χ0n) is 19.1. The Labute approximate surface area is 198 Å². The summed E-state index contributed by atoms with van der Waals surface area (Å²) in [6.45, 7) is 5.19. The number of halogens is 1. The topological polar surface area (TPSA) is 76.2 Å². The Hall–Kier alpha value is -2.91. The van der Waals surface area contributed by atoms with Gasteiger partial charge in [-0.3, -0.25) is 9.78 Å². The second kappa shape index (κ2) is 9.03. The summed E-state index contributed by atoms with van der Waals surface area (Å²) in [5.74, 6) is 1.83. The molecular weight excluding hydrogens is 439 g/mol. The van der Waals surface area contributed by atoms with Crippen molar-refractivity contribution in [2.45, 2.75) is 37.8 Å². The summed E-state index contributed by atoms with van der Waals surface area (Å²) < 4.78 is 31.7. The Morgan fingerprint density at radius 3 is 2.71 bits per heavy atom. The summed E-state index contributed by atoms with van der Waals surface area (Å²) in [6.07, 6.45) is 4.56. The molecule has 1 fully saturated rings. The van der Waals surface area contributed by atoms with Crippen LogP contribution in [0.15, 0.2) is 24.4 Å². The first-order valence-corrected chi connectivity index (χ1v) is 12.1. The Kier molecular flexibility index (Phi) is 5.74. The number of piperidine rings is 1. The molecule has 1 amide bonds. The lowest BCUT2D eigenvalue weighted by Gasteiger charge is -2.41. The maximum absolute atomic E-state index is 14.9. The number of carbonyl (C=O) groups excluding carboxylic acids is 1. The highest BCUT2D eigenvalue weighted by Gasteiger charge is 2.37. The highest BCUT2D eigenvalue weighted by atomic mass is 19.1. The molecule has 1 N–H and O–H groups in total. The van der Waals surface area contributed by atoms with Gasteiger partial charge in [-0.05, 0) is 44.5 Å². The van der Waals surface area contributed by atoms with E-state index >= 15 is 0 Å². The number of hydrogen-bond acceptors (Lipinski definition) is 7. The first-order chi connectivity index (χ1) is 16.7. The molecule has 0 aliphatic carbocycles. The van der Waals surface area contributed by atoms with Crippen molar-refractivity contribution in [3.63, 3.8) is 0 Å². The third-order valence-electron chi connectivity index (χ3n) is 7.28. The van der Waals surface area contributed by atoms with Gasteiger partial charge in [-0.15, -0.1) is 0 Å². The number of pyridine rings is 1. The minimum Gasteiger partial charge on any atom is -0.486 e. The van der Waals surface area contributed by atoms with Crippen LogP contribution in [0.25, 0.3) is 0 Å². The minimum absolute atomic E-state index is 0.0328. The molecule has 4 aliphatic heterocycles. The van der Waals surface area contributed by atoms with Gasteiger partial charge in [0.25, 0.3) is 5.91 Å². The van der Waals surface area contributed by atoms with Crippen molar-refractivity contribution in [1.29, 1.82) is 0 Å². The smallest absolute Gasteiger partial charge is 0.265 e. The van der Waals surface area contributed by atoms with E-state index in [2.05, 4.69) is 15.2 Å². The fourth-order valence-electron chi connectivity index (χ4n) is 5.50. The van der Waals surface area contributed by atoms with Gasteiger partial charge in [-0.1, -0.05) is 0 Å². The number of nitrogens with zero attached hydrogens (tertiary/aromatic N) is 3. The molecule has 0 radical (unpaired) electrons. The van der Waals surface area contributed by atoms with Gasteiger partial charge in [-0.25, -0.2) is 4.39 Å². The van der Waals surface area contributed by atoms with Crippen LogP contribution in [0.3, 0.4) is 0 Å². The molecule has 1 aromatic heterocycles. The fraction of sp³-hybridized carbons (Fsp3) is 0.520. The number of benzene rings is 1. The van der Waals surface area contributed by atoms with Crippen molar-refractivity contribution in [1.82, 2.24) is 15.2 Å². The predicted molar refractivity (Wildman–Crippen MR) is 123 cm³/mol. The molecule has 1 atom stereocenters. The number of hydrogen-bond donors (Lipinski definition) is 1. The summed E-state index contributed by atoms with van der Waals surface area (Å²) in [6, 6.07) is 5.49. The van der Waals surface area contributed by atoms with E-state index < -0.39 is 0 Å². The molecule has 180 valence electrons. The highest BCUT2D eigenvalue weighted by Crippen LogP contribution is 2.45. The maximum Gasteiger partial charge on any atom is 0.265 e. The molecule has 0 saturated carbocycles. The summed E-state index contributed by atoms with van der Waals surface area (Å²) in [4.78, 5) is 20.9. The van der Waals surface area contributed by atoms with Crippen molar-refractivity contribution in [3.05, 3.63) is 41.5 Å². The SMILES string of the molecule is O=C1COc2ccc(F)c3c2N1CCC3CN1CCC(NCc2cc3c(cn2)OCCO3)CC1. The van der Waals surface area contributed by atoms with Gasteiger partial charge in [-0.2, -0.15) is 0 Å². The van der Waals surface area contributed by atoms with E-state index in [1.165, 1.54) is 6.07 Å². The summed E-state index contributed by atoms with van der Waals surface area (Å²) in [5, 5.41) is 3.62. The molecule has 5 heterocycles. The quantitative estimate of drug-likeness (QED) is 0.723. The second-order valence-corrected chi connectivity index (χ2v) is 9.40. The molecule has 0 bridgehead atoms. The number of ether oxygens (including phenoxy) is 3. The van der Waals surface area contributed by atoms with Crippen molar-refractivity contribution in [2.24, 2.45) is 0 Å². The molecule has 1 aromatic carbocycles. The molecular formula is C25H29FN4O4. The number of nitrogens with one attached hydrogen (secondary N) is 1. The van der Waals surface area contributed by atoms with E-state index in [9.17, 15) is 9.18 Å². The molecule has 0 spiro atoms. The summed E-state index contributed by atoms with van der Waals surface area (Å²) >= 11 is 0. The number of fused-ring (bicyclic) bond motifs is 1. The van der Waals surface area contributed by atoms with Gasteiger partial charge in [0, 0.05) is 43.2 Å². The maximum atomic E-state index is 14.9. The third-order valence-corrected chi connectivity index (χ3v) is 7.28. The molecule has 9 heteroatoms. The third kappa shape index (κ3) is 4.07. The van der Waals surface area contributed by atoms with Gasteiger partial charge < -0.3 is 29.3 Å². The molecule has 1 unspecified atom stereocenters. The molecule has 6 rings (SSSR count). The summed E-state index contributed by atoms with van der Waals surface area (Å²) in [7, 11) is 0. The molecule has 34 heavy (non-hydrogen) atoms. The van der Waals surface area contributed by atoms with Crippen molar-refractivity contribution < 1.29 is 23.4 Å².